The van der Waals surface area contributed by atoms with Crippen LogP contribution < -0.4 is 0 Å². The Morgan fingerprint density at radius 3 is 2.79 bits per heavy atom. The monoisotopic (exact) mass is 336 g/mol. The highest BCUT2D eigenvalue weighted by Crippen LogP contribution is 2.45. The maximum atomic E-state index is 12.5. The van der Waals surface area contributed by atoms with E-state index in [1.807, 2.05) is 4.90 Å². The second-order valence-corrected chi connectivity index (χ2v) is 7.06. The average molecular weight is 336 g/mol. The Kier molecular flexibility index (Phi) is 5.53. The Morgan fingerprint density at radius 1 is 1.42 bits per heavy atom. The normalized spacial score (nSPS) is 24.4. The molecule has 2 fully saturated rings. The maximum absolute atomic E-state index is 12.5. The number of hydrogen-bond donors (Lipinski definition) is 2. The molecule has 0 unspecified atom stereocenters. The Labute approximate surface area is 143 Å². The van der Waals surface area contributed by atoms with E-state index in [-0.39, 0.29) is 23.8 Å². The molecule has 2 N–H and O–H groups in total. The number of carbonyl (C=O) groups is 1. The van der Waals surface area contributed by atoms with Gasteiger partial charge in [-0.05, 0) is 37.8 Å². The van der Waals surface area contributed by atoms with Crippen LogP contribution >= 0.6 is 0 Å². The number of hydrogen-bond acceptors (Lipinski definition) is 5. The van der Waals surface area contributed by atoms with Crippen LogP contribution in [0.3, 0.4) is 0 Å². The summed E-state index contributed by atoms with van der Waals surface area (Å²) in [5.41, 5.74) is 0.767. The predicted molar refractivity (Wildman–Crippen MR) is 89.7 cm³/mol. The molecule has 3 rings (SSSR count). The topological polar surface area (TPSA) is 81.7 Å². The van der Waals surface area contributed by atoms with Crippen molar-refractivity contribution in [2.75, 3.05) is 53.0 Å². The highest BCUT2D eigenvalue weighted by atomic mass is 16.5. The van der Waals surface area contributed by atoms with Crippen LogP contribution in [0.4, 0.5) is 0 Å². The molecule has 0 aromatic carbocycles. The van der Waals surface area contributed by atoms with Gasteiger partial charge in [-0.2, -0.15) is 5.10 Å². The van der Waals surface area contributed by atoms with Crippen molar-refractivity contribution in [1.82, 2.24) is 20.0 Å². The number of carbonyl (C=O) groups excluding carboxylic acids is 1. The van der Waals surface area contributed by atoms with E-state index in [0.29, 0.717) is 12.1 Å². The lowest BCUT2D eigenvalue weighted by atomic mass is 9.64. The molecule has 24 heavy (non-hydrogen) atoms. The largest absolute Gasteiger partial charge is 0.396 e. The summed E-state index contributed by atoms with van der Waals surface area (Å²) in [7, 11) is 1.74. The van der Waals surface area contributed by atoms with E-state index in [0.717, 1.165) is 52.0 Å². The van der Waals surface area contributed by atoms with Crippen LogP contribution in [0.2, 0.25) is 0 Å². The van der Waals surface area contributed by atoms with Crippen LogP contribution in [0, 0.1) is 11.3 Å². The van der Waals surface area contributed by atoms with Gasteiger partial charge in [0, 0.05) is 45.5 Å². The van der Waals surface area contributed by atoms with Crippen LogP contribution in [0.5, 0.6) is 0 Å². The highest BCUT2D eigenvalue weighted by Gasteiger charge is 2.45. The number of piperidine rings is 2. The zero-order chi connectivity index (χ0) is 17.0. The maximum Gasteiger partial charge on any atom is 0.257 e. The van der Waals surface area contributed by atoms with Gasteiger partial charge in [0.25, 0.3) is 5.91 Å². The Morgan fingerprint density at radius 2 is 2.17 bits per heavy atom. The van der Waals surface area contributed by atoms with Crippen LogP contribution in [-0.4, -0.2) is 84.1 Å². The van der Waals surface area contributed by atoms with E-state index in [2.05, 4.69) is 15.1 Å². The predicted octanol–water partition coefficient (Wildman–Crippen LogP) is 0.593. The lowest BCUT2D eigenvalue weighted by Gasteiger charge is -2.51. The molecular weight excluding hydrogens is 308 g/mol. The van der Waals surface area contributed by atoms with E-state index >= 15 is 0 Å². The van der Waals surface area contributed by atoms with Gasteiger partial charge in [0.2, 0.25) is 0 Å². The smallest absolute Gasteiger partial charge is 0.257 e. The van der Waals surface area contributed by atoms with E-state index < -0.39 is 0 Å². The van der Waals surface area contributed by atoms with Gasteiger partial charge in [0.1, 0.15) is 0 Å². The highest BCUT2D eigenvalue weighted by molar-refractivity contribution is 5.93. The van der Waals surface area contributed by atoms with Gasteiger partial charge in [0.15, 0.2) is 0 Å². The molecule has 7 nitrogen and oxygen atoms in total. The van der Waals surface area contributed by atoms with Gasteiger partial charge >= 0.3 is 0 Å². The molecule has 1 spiro atoms. The minimum absolute atomic E-state index is 0.00887. The van der Waals surface area contributed by atoms with E-state index in [1.54, 1.807) is 19.5 Å². The SMILES string of the molecule is COCCN1CCC2(CC1)CCN(C(=O)c1cn[nH]c1)C[C@@H]2CO. The number of amides is 1. The van der Waals surface area contributed by atoms with Crippen molar-refractivity contribution < 1.29 is 14.6 Å². The van der Waals surface area contributed by atoms with Gasteiger partial charge in [0.05, 0.1) is 18.4 Å². The molecule has 2 aliphatic rings. The third kappa shape index (κ3) is 3.48. The lowest BCUT2D eigenvalue weighted by molar-refractivity contribution is -0.0376. The third-order valence-corrected chi connectivity index (χ3v) is 5.90. The zero-order valence-corrected chi connectivity index (χ0v) is 14.4. The number of ether oxygens (including phenoxy) is 1. The van der Waals surface area contributed by atoms with Crippen LogP contribution in [0.1, 0.15) is 29.6 Å². The minimum Gasteiger partial charge on any atom is -0.396 e. The van der Waals surface area contributed by atoms with Crippen molar-refractivity contribution in [3.63, 3.8) is 0 Å². The molecule has 2 saturated heterocycles. The second-order valence-electron chi connectivity index (χ2n) is 7.06. The summed E-state index contributed by atoms with van der Waals surface area (Å²) in [6.07, 6.45) is 6.36. The number of H-pyrrole nitrogens is 1. The fourth-order valence-electron chi connectivity index (χ4n) is 4.20. The Hall–Kier alpha value is -1.44. The standard InChI is InChI=1S/C17H28N4O3/c1-24-9-8-20-5-2-17(3-6-20)4-7-21(12-15(17)13-22)16(23)14-10-18-19-11-14/h10-11,15,22H,2-9,12-13H2,1H3,(H,18,19)/t15-/m1/s1. The number of aliphatic hydroxyl groups excluding tert-OH is 1. The van der Waals surface area contributed by atoms with Gasteiger partial charge < -0.3 is 19.6 Å². The van der Waals surface area contributed by atoms with Gasteiger partial charge in [-0.25, -0.2) is 0 Å². The number of nitrogens with one attached hydrogen (secondary N) is 1. The number of nitrogens with zero attached hydrogens (tertiary/aromatic N) is 3. The van der Waals surface area contributed by atoms with Crippen molar-refractivity contribution in [2.24, 2.45) is 11.3 Å². The fourth-order valence-corrected chi connectivity index (χ4v) is 4.20. The molecule has 134 valence electrons. The number of aromatic nitrogens is 2. The summed E-state index contributed by atoms with van der Waals surface area (Å²) in [6, 6.07) is 0. The summed E-state index contributed by atoms with van der Waals surface area (Å²) in [5.74, 6) is 0.168. The molecule has 7 heteroatoms. The van der Waals surface area contributed by atoms with Crippen LogP contribution in [0.15, 0.2) is 12.4 Å². The quantitative estimate of drug-likeness (QED) is 0.823. The van der Waals surface area contributed by atoms with Crippen molar-refractivity contribution in [2.45, 2.75) is 19.3 Å². The number of likely N-dealkylation sites (tertiary alicyclic amines) is 2. The summed E-state index contributed by atoms with van der Waals surface area (Å²) < 4.78 is 5.17. The Bertz CT molecular complexity index is 526. The van der Waals surface area contributed by atoms with Gasteiger partial charge in [-0.1, -0.05) is 0 Å². The van der Waals surface area contributed by atoms with Crippen molar-refractivity contribution in [3.8, 4) is 0 Å². The Balaban J connectivity index is 1.60. The molecule has 1 atom stereocenters. The molecule has 3 heterocycles. The molecule has 0 saturated carbocycles. The first-order valence-electron chi connectivity index (χ1n) is 8.79. The summed E-state index contributed by atoms with van der Waals surface area (Å²) in [5, 5.41) is 16.5. The van der Waals surface area contributed by atoms with E-state index in [9.17, 15) is 9.90 Å². The minimum atomic E-state index is 0.00887. The van der Waals surface area contributed by atoms with Gasteiger partial charge in [-0.15, -0.1) is 0 Å². The molecular formula is C17H28N4O3. The summed E-state index contributed by atoms with van der Waals surface area (Å²) >= 11 is 0. The first-order chi connectivity index (χ1) is 11.7. The first-order valence-corrected chi connectivity index (χ1v) is 8.79. The van der Waals surface area contributed by atoms with Crippen LogP contribution in [-0.2, 0) is 4.74 Å². The number of rotatable bonds is 5. The van der Waals surface area contributed by atoms with Crippen molar-refractivity contribution in [1.29, 1.82) is 0 Å². The molecule has 1 aromatic heterocycles. The average Bonchev–Trinajstić information content (AvgIpc) is 3.16. The number of aliphatic hydroxyl groups is 1. The van der Waals surface area contributed by atoms with Crippen molar-refractivity contribution in [3.05, 3.63) is 18.0 Å². The second kappa shape index (κ2) is 7.63. The summed E-state index contributed by atoms with van der Waals surface area (Å²) in [4.78, 5) is 16.8. The molecule has 2 aliphatic heterocycles. The summed E-state index contributed by atoms with van der Waals surface area (Å²) in [6.45, 7) is 5.39. The number of aromatic amines is 1. The van der Waals surface area contributed by atoms with E-state index in [4.69, 9.17) is 4.74 Å². The lowest BCUT2D eigenvalue weighted by Crippen LogP contribution is -2.54. The fraction of sp³-hybridized carbons (Fsp3) is 0.765. The van der Waals surface area contributed by atoms with Gasteiger partial charge in [-0.3, -0.25) is 9.89 Å². The third-order valence-electron chi connectivity index (χ3n) is 5.90. The van der Waals surface area contributed by atoms with Crippen molar-refractivity contribution >= 4 is 5.91 Å². The molecule has 0 radical (unpaired) electrons. The zero-order valence-electron chi connectivity index (χ0n) is 14.4. The molecule has 0 aliphatic carbocycles. The molecule has 1 amide bonds. The van der Waals surface area contributed by atoms with E-state index in [1.165, 1.54) is 0 Å². The molecule has 0 bridgehead atoms. The first kappa shape index (κ1) is 17.4. The molecule has 1 aromatic rings. The number of methoxy groups -OCH3 is 1. The van der Waals surface area contributed by atoms with Crippen LogP contribution in [0.25, 0.3) is 0 Å².